The number of anilines is 1. The molecular formula is C7H11N3O3. The van der Waals surface area contributed by atoms with Crippen molar-refractivity contribution in [3.05, 3.63) is 28.4 Å². The molecule has 0 aliphatic heterocycles. The van der Waals surface area contributed by atoms with Crippen LogP contribution in [-0.2, 0) is 0 Å². The van der Waals surface area contributed by atoms with Gasteiger partial charge in [0, 0.05) is 20.2 Å². The van der Waals surface area contributed by atoms with Gasteiger partial charge in [-0.15, -0.1) is 0 Å². The summed E-state index contributed by atoms with van der Waals surface area (Å²) < 4.78 is 0. The third-order valence-corrected chi connectivity index (χ3v) is 1.40. The van der Waals surface area contributed by atoms with E-state index in [9.17, 15) is 10.1 Å². The molecule has 0 saturated heterocycles. The van der Waals surface area contributed by atoms with Crippen molar-refractivity contribution >= 4 is 11.5 Å². The zero-order chi connectivity index (χ0) is 9.14. The lowest BCUT2D eigenvalue weighted by Crippen LogP contribution is -2.10. The molecule has 72 valence electrons. The summed E-state index contributed by atoms with van der Waals surface area (Å²) in [5.74, 6) is 0.709. The maximum absolute atomic E-state index is 10.2. The van der Waals surface area contributed by atoms with E-state index in [4.69, 9.17) is 0 Å². The van der Waals surface area contributed by atoms with E-state index in [0.717, 1.165) is 0 Å². The standard InChI is InChI=1S/C7H9N3O2.H2O/c1-9(2)7-4-3-6(5-8-7)10(11)12;/h3-5H,1-2H3;1H2. The number of rotatable bonds is 2. The molecule has 0 spiro atoms. The molecule has 1 heterocycles. The summed E-state index contributed by atoms with van der Waals surface area (Å²) in [4.78, 5) is 15.4. The third-order valence-electron chi connectivity index (χ3n) is 1.40. The number of aromatic nitrogens is 1. The largest absolute Gasteiger partial charge is 0.412 e. The summed E-state index contributed by atoms with van der Waals surface area (Å²) in [6.45, 7) is 0. The van der Waals surface area contributed by atoms with Crippen LogP contribution in [0.5, 0.6) is 0 Å². The van der Waals surface area contributed by atoms with E-state index in [1.165, 1.54) is 12.3 Å². The van der Waals surface area contributed by atoms with Crippen molar-refractivity contribution in [3.63, 3.8) is 0 Å². The Hall–Kier alpha value is -1.69. The molecule has 0 aromatic carbocycles. The van der Waals surface area contributed by atoms with Gasteiger partial charge in [-0.1, -0.05) is 0 Å². The fourth-order valence-corrected chi connectivity index (χ4v) is 0.751. The summed E-state index contributed by atoms with van der Waals surface area (Å²) >= 11 is 0. The van der Waals surface area contributed by atoms with E-state index < -0.39 is 4.92 Å². The van der Waals surface area contributed by atoms with Gasteiger partial charge in [0.05, 0.1) is 4.92 Å². The van der Waals surface area contributed by atoms with E-state index in [0.29, 0.717) is 5.82 Å². The number of nitrogens with zero attached hydrogens (tertiary/aromatic N) is 3. The first-order valence-electron chi connectivity index (χ1n) is 3.39. The van der Waals surface area contributed by atoms with Gasteiger partial charge in [-0.25, -0.2) is 4.98 Å². The highest BCUT2D eigenvalue weighted by Crippen LogP contribution is 2.12. The van der Waals surface area contributed by atoms with Crippen LogP contribution in [0.4, 0.5) is 11.5 Å². The normalized spacial score (nSPS) is 8.77. The van der Waals surface area contributed by atoms with E-state index in [2.05, 4.69) is 4.98 Å². The van der Waals surface area contributed by atoms with Crippen LogP contribution in [0, 0.1) is 10.1 Å². The topological polar surface area (TPSA) is 90.8 Å². The summed E-state index contributed by atoms with van der Waals surface area (Å²) in [6.07, 6.45) is 1.25. The van der Waals surface area contributed by atoms with Crippen LogP contribution in [0.2, 0.25) is 0 Å². The quantitative estimate of drug-likeness (QED) is 0.487. The van der Waals surface area contributed by atoms with Gasteiger partial charge < -0.3 is 10.4 Å². The second-order valence-electron chi connectivity index (χ2n) is 2.53. The van der Waals surface area contributed by atoms with Gasteiger partial charge in [-0.2, -0.15) is 0 Å². The van der Waals surface area contributed by atoms with Crippen molar-refractivity contribution in [3.8, 4) is 0 Å². The number of nitro groups is 1. The van der Waals surface area contributed by atoms with Crippen LogP contribution in [0.1, 0.15) is 0 Å². The number of pyridine rings is 1. The average molecular weight is 185 g/mol. The zero-order valence-corrected chi connectivity index (χ0v) is 7.39. The highest BCUT2D eigenvalue weighted by atomic mass is 16.6. The van der Waals surface area contributed by atoms with Crippen molar-refractivity contribution in [1.29, 1.82) is 0 Å². The molecule has 0 saturated carbocycles. The molecule has 1 rings (SSSR count). The summed E-state index contributed by atoms with van der Waals surface area (Å²) in [7, 11) is 3.66. The molecule has 0 aliphatic rings. The molecule has 0 radical (unpaired) electrons. The molecule has 6 heteroatoms. The lowest BCUT2D eigenvalue weighted by molar-refractivity contribution is -0.385. The Bertz CT molecular complexity index is 284. The second kappa shape index (κ2) is 4.36. The molecule has 0 unspecified atom stereocenters. The molecule has 2 N–H and O–H groups in total. The molecule has 1 aromatic rings. The Morgan fingerprint density at radius 3 is 2.38 bits per heavy atom. The molecule has 13 heavy (non-hydrogen) atoms. The van der Waals surface area contributed by atoms with Crippen LogP contribution < -0.4 is 4.90 Å². The van der Waals surface area contributed by atoms with Crippen LogP contribution in [0.3, 0.4) is 0 Å². The first-order chi connectivity index (χ1) is 5.61. The second-order valence-corrected chi connectivity index (χ2v) is 2.53. The minimum Gasteiger partial charge on any atom is -0.412 e. The van der Waals surface area contributed by atoms with Crippen molar-refractivity contribution in [2.75, 3.05) is 19.0 Å². The molecule has 1 aromatic heterocycles. The maximum atomic E-state index is 10.2. The van der Waals surface area contributed by atoms with Gasteiger partial charge in [-0.3, -0.25) is 10.1 Å². The minimum atomic E-state index is -0.466. The van der Waals surface area contributed by atoms with Gasteiger partial charge in [-0.05, 0) is 6.07 Å². The fourth-order valence-electron chi connectivity index (χ4n) is 0.751. The molecule has 6 nitrogen and oxygen atoms in total. The smallest absolute Gasteiger partial charge is 0.287 e. The minimum absolute atomic E-state index is 0. The Morgan fingerprint density at radius 2 is 2.08 bits per heavy atom. The SMILES string of the molecule is CN(C)c1ccc([N+](=O)[O-])cn1.O. The van der Waals surface area contributed by atoms with Crippen molar-refractivity contribution in [1.82, 2.24) is 4.98 Å². The molecule has 0 bridgehead atoms. The average Bonchev–Trinajstić information content (AvgIpc) is 2.04. The number of hydrogen-bond acceptors (Lipinski definition) is 4. The predicted octanol–water partition coefficient (Wildman–Crippen LogP) is 0.231. The Labute approximate surface area is 75.3 Å². The summed E-state index contributed by atoms with van der Waals surface area (Å²) in [6, 6.07) is 3.04. The zero-order valence-electron chi connectivity index (χ0n) is 7.39. The molecule has 0 fully saturated rings. The van der Waals surface area contributed by atoms with Crippen LogP contribution >= 0.6 is 0 Å². The number of hydrogen-bond donors (Lipinski definition) is 0. The Kier molecular flexibility index (Phi) is 3.80. The van der Waals surface area contributed by atoms with E-state index in [1.807, 2.05) is 14.1 Å². The lowest BCUT2D eigenvalue weighted by Gasteiger charge is -2.09. The maximum Gasteiger partial charge on any atom is 0.287 e. The van der Waals surface area contributed by atoms with Gasteiger partial charge in [0.15, 0.2) is 0 Å². The van der Waals surface area contributed by atoms with Crippen LogP contribution in [0.25, 0.3) is 0 Å². The van der Waals surface area contributed by atoms with Crippen molar-refractivity contribution in [2.45, 2.75) is 0 Å². The van der Waals surface area contributed by atoms with Crippen LogP contribution in [-0.4, -0.2) is 29.5 Å². The van der Waals surface area contributed by atoms with Crippen LogP contribution in [0.15, 0.2) is 18.3 Å². The first-order valence-corrected chi connectivity index (χ1v) is 3.39. The van der Waals surface area contributed by atoms with Gasteiger partial charge in [0.25, 0.3) is 5.69 Å². The Balaban J connectivity index is 0.00000144. The lowest BCUT2D eigenvalue weighted by atomic mass is 10.4. The van der Waals surface area contributed by atoms with Crippen molar-refractivity contribution in [2.24, 2.45) is 0 Å². The highest BCUT2D eigenvalue weighted by Gasteiger charge is 2.05. The third kappa shape index (κ3) is 2.68. The predicted molar refractivity (Wildman–Crippen MR) is 48.8 cm³/mol. The summed E-state index contributed by atoms with van der Waals surface area (Å²) in [5, 5.41) is 10.2. The highest BCUT2D eigenvalue weighted by molar-refractivity contribution is 5.41. The first kappa shape index (κ1) is 11.3. The van der Waals surface area contributed by atoms with Crippen molar-refractivity contribution < 1.29 is 10.4 Å². The van der Waals surface area contributed by atoms with E-state index >= 15 is 0 Å². The molecule has 0 aliphatic carbocycles. The molecule has 0 atom stereocenters. The Morgan fingerprint density at radius 1 is 1.46 bits per heavy atom. The van der Waals surface area contributed by atoms with E-state index in [1.54, 1.807) is 11.0 Å². The monoisotopic (exact) mass is 185 g/mol. The molecular weight excluding hydrogens is 174 g/mol. The summed E-state index contributed by atoms with van der Waals surface area (Å²) in [5.41, 5.74) is 0.0144. The van der Waals surface area contributed by atoms with Gasteiger partial charge in [0.2, 0.25) is 0 Å². The van der Waals surface area contributed by atoms with Gasteiger partial charge in [0.1, 0.15) is 12.0 Å². The fraction of sp³-hybridized carbons (Fsp3) is 0.286. The van der Waals surface area contributed by atoms with E-state index in [-0.39, 0.29) is 11.2 Å². The molecule has 0 amide bonds. The van der Waals surface area contributed by atoms with Gasteiger partial charge >= 0.3 is 0 Å².